The van der Waals surface area contributed by atoms with E-state index in [1.807, 2.05) is 0 Å². The van der Waals surface area contributed by atoms with E-state index in [0.717, 1.165) is 4.90 Å². The number of halogens is 1. The number of benzene rings is 2. The van der Waals surface area contributed by atoms with Crippen LogP contribution in [-0.2, 0) is 12.3 Å². The summed E-state index contributed by atoms with van der Waals surface area (Å²) < 4.78 is 13.1. The Morgan fingerprint density at radius 1 is 1.15 bits per heavy atom. The smallest absolute Gasteiger partial charge is 0.261 e. The van der Waals surface area contributed by atoms with Crippen LogP contribution in [0.3, 0.4) is 0 Å². The van der Waals surface area contributed by atoms with Crippen molar-refractivity contribution >= 4 is 16.8 Å². The predicted octanol–water partition coefficient (Wildman–Crippen LogP) is 2.61. The number of aromatic hydroxyl groups is 2. The van der Waals surface area contributed by atoms with Crippen molar-refractivity contribution in [2.45, 2.75) is 19.2 Å². The van der Waals surface area contributed by atoms with E-state index in [9.17, 15) is 24.5 Å². The van der Waals surface area contributed by atoms with Crippen molar-refractivity contribution in [3.05, 3.63) is 65.1 Å². The van der Waals surface area contributed by atoms with Crippen LogP contribution in [0.15, 0.2) is 42.6 Å². The quantitative estimate of drug-likeness (QED) is 0.615. The average Bonchev–Trinajstić information content (AvgIpc) is 2.82. The summed E-state index contributed by atoms with van der Waals surface area (Å²) in [5.41, 5.74) is -1.43. The van der Waals surface area contributed by atoms with Crippen LogP contribution in [0.5, 0.6) is 11.5 Å². The van der Waals surface area contributed by atoms with Crippen molar-refractivity contribution in [2.24, 2.45) is 0 Å². The molecular weight excluding hydrogens is 339 g/mol. The Bertz CT molecular complexity index is 1050. The Balaban J connectivity index is 1.89. The van der Waals surface area contributed by atoms with Gasteiger partial charge in [0.15, 0.2) is 11.5 Å². The molecule has 0 bridgehead atoms. The summed E-state index contributed by atoms with van der Waals surface area (Å²) in [6.45, 7) is 1.34. The van der Waals surface area contributed by atoms with Gasteiger partial charge in [0, 0.05) is 18.1 Å². The highest BCUT2D eigenvalue weighted by Gasteiger charge is 2.49. The van der Waals surface area contributed by atoms with Gasteiger partial charge in [-0.2, -0.15) is 0 Å². The van der Waals surface area contributed by atoms with Crippen LogP contribution in [0, 0.1) is 5.82 Å². The van der Waals surface area contributed by atoms with Gasteiger partial charge in [-0.3, -0.25) is 9.78 Å². The van der Waals surface area contributed by atoms with Gasteiger partial charge in [-0.05, 0) is 36.8 Å². The second-order valence-electron chi connectivity index (χ2n) is 6.39. The minimum atomic E-state index is -1.85. The van der Waals surface area contributed by atoms with Gasteiger partial charge in [0.25, 0.3) is 5.91 Å². The fraction of sp³-hybridized carbons (Fsp3) is 0.158. The highest BCUT2D eigenvalue weighted by Crippen LogP contribution is 2.50. The van der Waals surface area contributed by atoms with Crippen LogP contribution in [0.25, 0.3) is 10.9 Å². The standard InChI is InChI=1S/C19H15FN2O4/c1-19(26)14-13(17(24)15-12(16(14)23)3-2-8-21-15)18(25)22(19)9-10-4-6-11(20)7-5-10/h2-8,23-24,26H,9H2,1H3. The Kier molecular flexibility index (Phi) is 3.38. The molecule has 0 saturated carbocycles. The molecule has 1 aliphatic rings. The first-order valence-electron chi connectivity index (χ1n) is 7.94. The molecule has 0 spiro atoms. The molecule has 0 saturated heterocycles. The zero-order valence-electron chi connectivity index (χ0n) is 13.8. The summed E-state index contributed by atoms with van der Waals surface area (Å²) >= 11 is 0. The number of hydrogen-bond acceptors (Lipinski definition) is 5. The van der Waals surface area contributed by atoms with Gasteiger partial charge in [0.05, 0.1) is 11.1 Å². The van der Waals surface area contributed by atoms with Crippen molar-refractivity contribution in [1.82, 2.24) is 9.88 Å². The lowest BCUT2D eigenvalue weighted by atomic mass is 9.97. The number of aromatic nitrogens is 1. The third kappa shape index (κ3) is 2.14. The van der Waals surface area contributed by atoms with Crippen molar-refractivity contribution in [3.63, 3.8) is 0 Å². The van der Waals surface area contributed by atoms with Crippen molar-refractivity contribution in [3.8, 4) is 11.5 Å². The highest BCUT2D eigenvalue weighted by atomic mass is 19.1. The van der Waals surface area contributed by atoms with E-state index >= 15 is 0 Å². The lowest BCUT2D eigenvalue weighted by Crippen LogP contribution is -2.40. The fourth-order valence-corrected chi connectivity index (χ4v) is 3.41. The molecule has 26 heavy (non-hydrogen) atoms. The Hall–Kier alpha value is -3.19. The van der Waals surface area contributed by atoms with Gasteiger partial charge in [-0.25, -0.2) is 4.39 Å². The minimum Gasteiger partial charge on any atom is -0.507 e. The molecule has 7 heteroatoms. The zero-order chi connectivity index (χ0) is 18.6. The van der Waals surface area contributed by atoms with E-state index in [-0.39, 0.29) is 40.1 Å². The van der Waals surface area contributed by atoms with E-state index in [1.54, 1.807) is 12.1 Å². The molecule has 2 aromatic carbocycles. The normalized spacial score (nSPS) is 19.2. The van der Waals surface area contributed by atoms with Crippen LogP contribution >= 0.6 is 0 Å². The molecule has 132 valence electrons. The lowest BCUT2D eigenvalue weighted by Gasteiger charge is -2.31. The van der Waals surface area contributed by atoms with Crippen molar-refractivity contribution in [1.29, 1.82) is 0 Å². The molecule has 0 fully saturated rings. The topological polar surface area (TPSA) is 93.9 Å². The molecule has 1 amide bonds. The number of amides is 1. The number of carbonyl (C=O) groups excluding carboxylic acids is 1. The molecule has 3 N–H and O–H groups in total. The molecule has 4 rings (SSSR count). The first-order valence-corrected chi connectivity index (χ1v) is 7.94. The first-order chi connectivity index (χ1) is 12.3. The second kappa shape index (κ2) is 5.40. The maximum absolute atomic E-state index is 13.1. The third-order valence-corrected chi connectivity index (χ3v) is 4.72. The Morgan fingerprint density at radius 2 is 1.85 bits per heavy atom. The summed E-state index contributed by atoms with van der Waals surface area (Å²) in [6, 6.07) is 8.63. The number of nitrogens with zero attached hydrogens (tertiary/aromatic N) is 2. The van der Waals surface area contributed by atoms with Crippen LogP contribution in [0.4, 0.5) is 4.39 Å². The largest absolute Gasteiger partial charge is 0.507 e. The molecule has 1 aliphatic heterocycles. The number of fused-ring (bicyclic) bond motifs is 2. The predicted molar refractivity (Wildman–Crippen MR) is 90.9 cm³/mol. The summed E-state index contributed by atoms with van der Waals surface area (Å²) in [7, 11) is 0. The van der Waals surface area contributed by atoms with E-state index in [0.29, 0.717) is 5.56 Å². The number of phenols is 2. The van der Waals surface area contributed by atoms with Gasteiger partial charge in [0.2, 0.25) is 0 Å². The van der Waals surface area contributed by atoms with E-state index in [1.165, 1.54) is 37.4 Å². The first kappa shape index (κ1) is 16.3. The number of carbonyl (C=O) groups is 1. The SMILES string of the molecule is CC1(O)c2c(c(O)c3ncccc3c2O)C(=O)N1Cc1ccc(F)cc1. The molecule has 0 aliphatic carbocycles. The fourth-order valence-electron chi connectivity index (χ4n) is 3.41. The van der Waals surface area contributed by atoms with Crippen LogP contribution in [0.1, 0.15) is 28.4 Å². The van der Waals surface area contributed by atoms with Crippen LogP contribution in [-0.4, -0.2) is 31.1 Å². The summed E-state index contributed by atoms with van der Waals surface area (Å²) in [5, 5.41) is 32.4. The van der Waals surface area contributed by atoms with E-state index < -0.39 is 17.4 Å². The van der Waals surface area contributed by atoms with Gasteiger partial charge < -0.3 is 20.2 Å². The highest BCUT2D eigenvalue weighted by molar-refractivity contribution is 6.09. The molecule has 1 unspecified atom stereocenters. The number of phenolic OH excluding ortho intramolecular Hbond substituents is 2. The van der Waals surface area contributed by atoms with Gasteiger partial charge in [0.1, 0.15) is 17.1 Å². The molecule has 2 heterocycles. The lowest BCUT2D eigenvalue weighted by molar-refractivity contribution is -0.0737. The summed E-state index contributed by atoms with van der Waals surface area (Å²) in [4.78, 5) is 18.0. The number of pyridine rings is 1. The van der Waals surface area contributed by atoms with Crippen molar-refractivity contribution < 1.29 is 24.5 Å². The van der Waals surface area contributed by atoms with Gasteiger partial charge in [-0.1, -0.05) is 12.1 Å². The van der Waals surface area contributed by atoms with E-state index in [4.69, 9.17) is 0 Å². The number of aliphatic hydroxyl groups is 1. The minimum absolute atomic E-state index is 0.0244. The second-order valence-corrected chi connectivity index (χ2v) is 6.39. The summed E-state index contributed by atoms with van der Waals surface area (Å²) in [6.07, 6.45) is 1.43. The van der Waals surface area contributed by atoms with Crippen molar-refractivity contribution in [2.75, 3.05) is 0 Å². The third-order valence-electron chi connectivity index (χ3n) is 4.72. The molecule has 6 nitrogen and oxygen atoms in total. The van der Waals surface area contributed by atoms with Crippen LogP contribution < -0.4 is 0 Å². The van der Waals surface area contributed by atoms with Gasteiger partial charge in [-0.15, -0.1) is 0 Å². The Morgan fingerprint density at radius 3 is 2.54 bits per heavy atom. The Labute approximate surface area is 147 Å². The zero-order valence-corrected chi connectivity index (χ0v) is 13.8. The molecule has 0 radical (unpaired) electrons. The average molecular weight is 354 g/mol. The maximum atomic E-state index is 13.1. The maximum Gasteiger partial charge on any atom is 0.261 e. The molecule has 1 atom stereocenters. The van der Waals surface area contributed by atoms with Gasteiger partial charge >= 0.3 is 0 Å². The summed E-state index contributed by atoms with van der Waals surface area (Å²) in [5.74, 6) is -1.75. The molecular formula is C19H15FN2O4. The van der Waals surface area contributed by atoms with E-state index in [2.05, 4.69) is 4.98 Å². The molecule has 1 aromatic heterocycles. The number of rotatable bonds is 2. The monoisotopic (exact) mass is 354 g/mol. The number of hydrogen-bond donors (Lipinski definition) is 3. The molecule has 3 aromatic rings. The van der Waals surface area contributed by atoms with Crippen LogP contribution in [0.2, 0.25) is 0 Å².